The standard InChI is InChI=1S/C19H23N3O/c1-14-6-3-4-8-17(14)19-18(20-9-10-21-19)12-16-7-5-11-22(13-16)15(2)23/h3-4,6,8-10,16H,5,7,11-13H2,1-2H3/t16-/m0/s1. The summed E-state index contributed by atoms with van der Waals surface area (Å²) in [6, 6.07) is 8.29. The van der Waals surface area contributed by atoms with Crippen molar-refractivity contribution in [3.05, 3.63) is 47.9 Å². The van der Waals surface area contributed by atoms with Crippen LogP contribution in [0.25, 0.3) is 11.3 Å². The minimum absolute atomic E-state index is 0.174. The van der Waals surface area contributed by atoms with Gasteiger partial charge >= 0.3 is 0 Å². The van der Waals surface area contributed by atoms with E-state index in [0.29, 0.717) is 5.92 Å². The van der Waals surface area contributed by atoms with Crippen LogP contribution in [0, 0.1) is 12.8 Å². The maximum Gasteiger partial charge on any atom is 0.219 e. The zero-order valence-corrected chi connectivity index (χ0v) is 13.8. The Morgan fingerprint density at radius 3 is 2.83 bits per heavy atom. The summed E-state index contributed by atoms with van der Waals surface area (Å²) < 4.78 is 0. The predicted molar refractivity (Wildman–Crippen MR) is 90.9 cm³/mol. The Bertz CT molecular complexity index is 699. The normalized spacial score (nSPS) is 18.0. The molecular formula is C19H23N3O. The van der Waals surface area contributed by atoms with E-state index in [4.69, 9.17) is 0 Å². The number of carbonyl (C=O) groups excluding carboxylic acids is 1. The molecule has 1 aromatic carbocycles. The van der Waals surface area contributed by atoms with E-state index in [0.717, 1.165) is 49.3 Å². The van der Waals surface area contributed by atoms with Gasteiger partial charge in [-0.3, -0.25) is 14.8 Å². The van der Waals surface area contributed by atoms with Gasteiger partial charge < -0.3 is 4.90 Å². The van der Waals surface area contributed by atoms with E-state index >= 15 is 0 Å². The van der Waals surface area contributed by atoms with Crippen LogP contribution in [0.3, 0.4) is 0 Å². The Hall–Kier alpha value is -2.23. The molecule has 1 aliphatic rings. The Labute approximate surface area is 137 Å². The van der Waals surface area contributed by atoms with Gasteiger partial charge in [0, 0.05) is 38.0 Å². The monoisotopic (exact) mass is 309 g/mol. The molecule has 1 atom stereocenters. The van der Waals surface area contributed by atoms with Crippen molar-refractivity contribution in [1.29, 1.82) is 0 Å². The van der Waals surface area contributed by atoms with Crippen LogP contribution in [0.1, 0.15) is 31.0 Å². The highest BCUT2D eigenvalue weighted by Crippen LogP contribution is 2.27. The molecule has 0 bridgehead atoms. The second-order valence-corrected chi connectivity index (χ2v) is 6.34. The van der Waals surface area contributed by atoms with Crippen molar-refractivity contribution in [3.8, 4) is 11.3 Å². The molecule has 4 heteroatoms. The van der Waals surface area contributed by atoms with Crippen LogP contribution in [-0.4, -0.2) is 33.9 Å². The van der Waals surface area contributed by atoms with Gasteiger partial charge in [-0.2, -0.15) is 0 Å². The Kier molecular flexibility index (Phi) is 4.70. The van der Waals surface area contributed by atoms with E-state index in [1.54, 1.807) is 19.3 Å². The van der Waals surface area contributed by atoms with Crippen LogP contribution in [0.15, 0.2) is 36.7 Å². The molecule has 0 radical (unpaired) electrons. The molecule has 0 aliphatic carbocycles. The maximum absolute atomic E-state index is 11.6. The van der Waals surface area contributed by atoms with Crippen LogP contribution >= 0.6 is 0 Å². The van der Waals surface area contributed by atoms with Gasteiger partial charge in [-0.15, -0.1) is 0 Å². The van der Waals surface area contributed by atoms with Crippen LogP contribution < -0.4 is 0 Å². The Balaban J connectivity index is 1.84. The quantitative estimate of drug-likeness (QED) is 0.874. The minimum Gasteiger partial charge on any atom is -0.343 e. The van der Waals surface area contributed by atoms with Crippen molar-refractivity contribution in [2.45, 2.75) is 33.1 Å². The third-order valence-corrected chi connectivity index (χ3v) is 4.62. The molecule has 3 rings (SSSR count). The van der Waals surface area contributed by atoms with Gasteiger partial charge in [-0.1, -0.05) is 24.3 Å². The molecule has 1 aromatic heterocycles. The molecule has 1 amide bonds. The fraction of sp³-hybridized carbons (Fsp3) is 0.421. The summed E-state index contributed by atoms with van der Waals surface area (Å²) in [4.78, 5) is 22.8. The second kappa shape index (κ2) is 6.90. The molecule has 0 saturated carbocycles. The highest BCUT2D eigenvalue weighted by Gasteiger charge is 2.23. The lowest BCUT2D eigenvalue weighted by Crippen LogP contribution is -2.39. The third kappa shape index (κ3) is 3.58. The lowest BCUT2D eigenvalue weighted by Gasteiger charge is -2.32. The molecule has 120 valence electrons. The lowest BCUT2D eigenvalue weighted by molar-refractivity contribution is -0.130. The first-order valence-corrected chi connectivity index (χ1v) is 8.26. The molecule has 2 aromatic rings. The Morgan fingerprint density at radius 1 is 1.26 bits per heavy atom. The highest BCUT2D eigenvalue weighted by molar-refractivity contribution is 5.73. The number of aromatic nitrogens is 2. The van der Waals surface area contributed by atoms with Crippen molar-refractivity contribution < 1.29 is 4.79 Å². The number of hydrogen-bond acceptors (Lipinski definition) is 3. The van der Waals surface area contributed by atoms with Gasteiger partial charge in [0.2, 0.25) is 5.91 Å². The smallest absolute Gasteiger partial charge is 0.219 e. The van der Waals surface area contributed by atoms with Crippen LogP contribution in [0.5, 0.6) is 0 Å². The number of benzene rings is 1. The van der Waals surface area contributed by atoms with E-state index in [1.165, 1.54) is 5.56 Å². The average Bonchev–Trinajstić information content (AvgIpc) is 2.56. The number of aryl methyl sites for hydroxylation is 1. The molecule has 4 nitrogen and oxygen atoms in total. The summed E-state index contributed by atoms with van der Waals surface area (Å²) in [6.07, 6.45) is 6.62. The van der Waals surface area contributed by atoms with Gasteiger partial charge in [0.05, 0.1) is 11.4 Å². The SMILES string of the molecule is CC(=O)N1CCC[C@@H](Cc2nccnc2-c2ccccc2C)C1. The topological polar surface area (TPSA) is 46.1 Å². The molecule has 0 unspecified atom stereocenters. The number of carbonyl (C=O) groups is 1. The molecule has 0 N–H and O–H groups in total. The summed E-state index contributed by atoms with van der Waals surface area (Å²) in [5.74, 6) is 0.639. The van der Waals surface area contributed by atoms with E-state index in [2.05, 4.69) is 29.0 Å². The van der Waals surface area contributed by atoms with Crippen molar-refractivity contribution in [1.82, 2.24) is 14.9 Å². The van der Waals surface area contributed by atoms with Crippen molar-refractivity contribution in [2.75, 3.05) is 13.1 Å². The summed E-state index contributed by atoms with van der Waals surface area (Å²) in [7, 11) is 0. The fourth-order valence-corrected chi connectivity index (χ4v) is 3.37. The maximum atomic E-state index is 11.6. The van der Waals surface area contributed by atoms with E-state index in [-0.39, 0.29) is 5.91 Å². The number of piperidine rings is 1. The third-order valence-electron chi connectivity index (χ3n) is 4.62. The van der Waals surface area contributed by atoms with Gasteiger partial charge in [0.15, 0.2) is 0 Å². The summed E-state index contributed by atoms with van der Waals surface area (Å²) in [5.41, 5.74) is 4.38. The minimum atomic E-state index is 0.174. The molecular weight excluding hydrogens is 286 g/mol. The molecule has 1 saturated heterocycles. The van der Waals surface area contributed by atoms with Gasteiger partial charge in [-0.25, -0.2) is 0 Å². The largest absolute Gasteiger partial charge is 0.343 e. The first-order chi connectivity index (χ1) is 11.1. The fourth-order valence-electron chi connectivity index (χ4n) is 3.37. The molecule has 0 spiro atoms. The number of nitrogens with zero attached hydrogens (tertiary/aromatic N) is 3. The molecule has 1 aliphatic heterocycles. The molecule has 23 heavy (non-hydrogen) atoms. The predicted octanol–water partition coefficient (Wildman–Crippen LogP) is 3.25. The van der Waals surface area contributed by atoms with Crippen molar-refractivity contribution in [2.24, 2.45) is 5.92 Å². The number of likely N-dealkylation sites (tertiary alicyclic amines) is 1. The zero-order valence-electron chi connectivity index (χ0n) is 13.8. The van der Waals surface area contributed by atoms with Gasteiger partial charge in [0.25, 0.3) is 0 Å². The molecule has 2 heterocycles. The average molecular weight is 309 g/mol. The highest BCUT2D eigenvalue weighted by atomic mass is 16.2. The number of hydrogen-bond donors (Lipinski definition) is 0. The number of amides is 1. The van der Waals surface area contributed by atoms with E-state index in [9.17, 15) is 4.79 Å². The lowest BCUT2D eigenvalue weighted by atomic mass is 9.91. The second-order valence-electron chi connectivity index (χ2n) is 6.34. The van der Waals surface area contributed by atoms with Crippen LogP contribution in [0.4, 0.5) is 0 Å². The first kappa shape index (κ1) is 15.7. The van der Waals surface area contributed by atoms with Crippen molar-refractivity contribution in [3.63, 3.8) is 0 Å². The summed E-state index contributed by atoms with van der Waals surface area (Å²) in [5, 5.41) is 0. The summed E-state index contributed by atoms with van der Waals surface area (Å²) in [6.45, 7) is 5.48. The molecule has 1 fully saturated rings. The van der Waals surface area contributed by atoms with E-state index in [1.807, 2.05) is 17.0 Å². The first-order valence-electron chi connectivity index (χ1n) is 8.26. The van der Waals surface area contributed by atoms with Crippen molar-refractivity contribution >= 4 is 5.91 Å². The van der Waals surface area contributed by atoms with Crippen LogP contribution in [-0.2, 0) is 11.2 Å². The van der Waals surface area contributed by atoms with Crippen LogP contribution in [0.2, 0.25) is 0 Å². The Morgan fingerprint density at radius 2 is 2.04 bits per heavy atom. The van der Waals surface area contributed by atoms with Gasteiger partial charge in [0.1, 0.15) is 0 Å². The van der Waals surface area contributed by atoms with Gasteiger partial charge in [-0.05, 0) is 37.7 Å². The zero-order chi connectivity index (χ0) is 16.2. The van der Waals surface area contributed by atoms with E-state index < -0.39 is 0 Å². The summed E-state index contributed by atoms with van der Waals surface area (Å²) >= 11 is 0. The number of rotatable bonds is 3.